The van der Waals surface area contributed by atoms with Crippen LogP contribution in [-0.2, 0) is 12.8 Å². The first-order valence-corrected chi connectivity index (χ1v) is 11.0. The van der Waals surface area contributed by atoms with Gasteiger partial charge in [-0.15, -0.1) is 0 Å². The summed E-state index contributed by atoms with van der Waals surface area (Å²) in [6, 6.07) is 28.9. The zero-order valence-electron chi connectivity index (χ0n) is 17.4. The predicted molar refractivity (Wildman–Crippen MR) is 128 cm³/mol. The zero-order valence-corrected chi connectivity index (χ0v) is 17.4. The molecule has 6 rings (SSSR count). The lowest BCUT2D eigenvalue weighted by atomic mass is 9.76. The highest BCUT2D eigenvalue weighted by atomic mass is 15.3. The Hall–Kier alpha value is -3.59. The number of rotatable bonds is 3. The van der Waals surface area contributed by atoms with Gasteiger partial charge in [0.25, 0.3) is 0 Å². The third-order valence-electron chi connectivity index (χ3n) is 6.88. The smallest absolute Gasteiger partial charge is 0.0800 e. The molecule has 1 heterocycles. The van der Waals surface area contributed by atoms with E-state index in [-0.39, 0.29) is 6.04 Å². The molecule has 0 amide bonds. The number of aryl methyl sites for hydroxylation is 1. The van der Waals surface area contributed by atoms with Crippen molar-refractivity contribution < 1.29 is 0 Å². The number of aromatic nitrogens is 2. The molecule has 0 radical (unpaired) electrons. The summed E-state index contributed by atoms with van der Waals surface area (Å²) in [6.45, 7) is 0. The van der Waals surface area contributed by atoms with Crippen LogP contribution in [0.4, 0.5) is 5.69 Å². The van der Waals surface area contributed by atoms with Gasteiger partial charge in [-0.2, -0.15) is 5.10 Å². The Bertz CT molecular complexity index is 1380. The first-order valence-electron chi connectivity index (χ1n) is 11.0. The number of benzene rings is 4. The summed E-state index contributed by atoms with van der Waals surface area (Å²) >= 11 is 0. The number of nitrogens with two attached hydrogens (primary N) is 1. The Morgan fingerprint density at radius 2 is 1.65 bits per heavy atom. The maximum atomic E-state index is 6.02. The number of hydrogen-bond acceptors (Lipinski definition) is 2. The molecule has 0 aliphatic heterocycles. The Morgan fingerprint density at radius 3 is 2.48 bits per heavy atom. The van der Waals surface area contributed by atoms with Gasteiger partial charge in [0, 0.05) is 6.20 Å². The van der Waals surface area contributed by atoms with Gasteiger partial charge in [-0.1, -0.05) is 78.9 Å². The summed E-state index contributed by atoms with van der Waals surface area (Å²) in [7, 11) is 0. The van der Waals surface area contributed by atoms with Crippen LogP contribution < -0.4 is 5.73 Å². The van der Waals surface area contributed by atoms with Crippen LogP contribution in [0.15, 0.2) is 91.3 Å². The minimum Gasteiger partial charge on any atom is -0.396 e. The fraction of sp³-hybridized carbons (Fsp3) is 0.179. The van der Waals surface area contributed by atoms with E-state index in [9.17, 15) is 0 Å². The molecule has 0 saturated carbocycles. The van der Waals surface area contributed by atoms with Gasteiger partial charge >= 0.3 is 0 Å². The molecule has 1 aliphatic carbocycles. The van der Waals surface area contributed by atoms with E-state index in [0.717, 1.165) is 24.9 Å². The van der Waals surface area contributed by atoms with Gasteiger partial charge in [-0.25, -0.2) is 0 Å². The third kappa shape index (κ3) is 3.09. The van der Waals surface area contributed by atoms with Crippen LogP contribution >= 0.6 is 0 Å². The SMILES string of the molecule is Nc1cnn(C(c2ccccc2)C2CCc3c(ccc4c3ccc3ccccc34)C2)c1. The fourth-order valence-corrected chi connectivity index (χ4v) is 5.46. The maximum absolute atomic E-state index is 6.02. The van der Waals surface area contributed by atoms with Crippen molar-refractivity contribution in [1.82, 2.24) is 9.78 Å². The van der Waals surface area contributed by atoms with Gasteiger partial charge in [-0.3, -0.25) is 4.68 Å². The molecule has 2 unspecified atom stereocenters. The lowest BCUT2D eigenvalue weighted by molar-refractivity contribution is 0.319. The first kappa shape index (κ1) is 18.2. The van der Waals surface area contributed by atoms with E-state index in [4.69, 9.17) is 5.73 Å². The largest absolute Gasteiger partial charge is 0.396 e. The van der Waals surface area contributed by atoms with Crippen molar-refractivity contribution in [1.29, 1.82) is 0 Å². The van der Waals surface area contributed by atoms with Crippen LogP contribution in [0.3, 0.4) is 0 Å². The third-order valence-corrected chi connectivity index (χ3v) is 6.88. The van der Waals surface area contributed by atoms with E-state index in [0.29, 0.717) is 5.92 Å². The van der Waals surface area contributed by atoms with E-state index in [1.807, 2.05) is 6.20 Å². The van der Waals surface area contributed by atoms with Gasteiger partial charge in [-0.05, 0) is 63.4 Å². The quantitative estimate of drug-likeness (QED) is 0.366. The second kappa shape index (κ2) is 7.28. The predicted octanol–water partition coefficient (Wildman–Crippen LogP) is 6.17. The average molecular weight is 404 g/mol. The maximum Gasteiger partial charge on any atom is 0.0800 e. The molecular formula is C28H25N3. The van der Waals surface area contributed by atoms with E-state index < -0.39 is 0 Å². The molecule has 2 N–H and O–H groups in total. The molecule has 152 valence electrons. The topological polar surface area (TPSA) is 43.8 Å². The van der Waals surface area contributed by atoms with Crippen molar-refractivity contribution in [3.05, 3.63) is 108 Å². The molecule has 1 aromatic heterocycles. The second-order valence-electron chi connectivity index (χ2n) is 8.70. The Labute approximate surface area is 182 Å². The molecule has 3 heteroatoms. The van der Waals surface area contributed by atoms with Crippen molar-refractivity contribution in [3.63, 3.8) is 0 Å². The average Bonchev–Trinajstić information content (AvgIpc) is 3.25. The summed E-state index contributed by atoms with van der Waals surface area (Å²) < 4.78 is 2.06. The van der Waals surface area contributed by atoms with Crippen LogP contribution in [0.5, 0.6) is 0 Å². The molecule has 3 nitrogen and oxygen atoms in total. The van der Waals surface area contributed by atoms with Crippen LogP contribution in [0.1, 0.15) is 29.2 Å². The summed E-state index contributed by atoms with van der Waals surface area (Å²) in [4.78, 5) is 0. The number of anilines is 1. The molecule has 5 aromatic rings. The van der Waals surface area contributed by atoms with Crippen LogP contribution in [-0.4, -0.2) is 9.78 Å². The summed E-state index contributed by atoms with van der Waals surface area (Å²) in [5.41, 5.74) is 11.0. The molecule has 4 aromatic carbocycles. The van der Waals surface area contributed by atoms with E-state index in [2.05, 4.69) is 88.6 Å². The molecule has 0 bridgehead atoms. The van der Waals surface area contributed by atoms with E-state index in [1.165, 1.54) is 38.2 Å². The summed E-state index contributed by atoms with van der Waals surface area (Å²) in [5, 5.41) is 10.0. The van der Waals surface area contributed by atoms with Crippen LogP contribution in [0, 0.1) is 5.92 Å². The highest BCUT2D eigenvalue weighted by Crippen LogP contribution is 2.40. The summed E-state index contributed by atoms with van der Waals surface area (Å²) in [6.07, 6.45) is 7.01. The number of hydrogen-bond donors (Lipinski definition) is 1. The van der Waals surface area contributed by atoms with Gasteiger partial charge in [0.2, 0.25) is 0 Å². The molecule has 0 fully saturated rings. The fourth-order valence-electron chi connectivity index (χ4n) is 5.46. The van der Waals surface area contributed by atoms with Crippen molar-refractivity contribution in [3.8, 4) is 0 Å². The van der Waals surface area contributed by atoms with Gasteiger partial charge < -0.3 is 5.73 Å². The molecular weight excluding hydrogens is 378 g/mol. The molecule has 31 heavy (non-hydrogen) atoms. The zero-order chi connectivity index (χ0) is 20.8. The van der Waals surface area contributed by atoms with E-state index in [1.54, 1.807) is 6.20 Å². The van der Waals surface area contributed by atoms with Crippen molar-refractivity contribution in [2.45, 2.75) is 25.3 Å². The number of nitrogen functional groups attached to an aromatic ring is 1. The minimum atomic E-state index is 0.193. The lowest BCUT2D eigenvalue weighted by Gasteiger charge is -2.33. The van der Waals surface area contributed by atoms with Crippen molar-refractivity contribution in [2.24, 2.45) is 5.92 Å². The van der Waals surface area contributed by atoms with Gasteiger partial charge in [0.05, 0.1) is 17.9 Å². The normalized spacial score (nSPS) is 17.0. The molecule has 0 saturated heterocycles. The number of fused-ring (bicyclic) bond motifs is 5. The lowest BCUT2D eigenvalue weighted by Crippen LogP contribution is -2.27. The Balaban J connectivity index is 1.43. The molecule has 1 aliphatic rings. The summed E-state index contributed by atoms with van der Waals surface area (Å²) in [5.74, 6) is 0.479. The Morgan fingerprint density at radius 1 is 0.839 bits per heavy atom. The molecule has 0 spiro atoms. The highest BCUT2D eigenvalue weighted by molar-refractivity contribution is 6.08. The standard InChI is InChI=1S/C28H25N3/c29-23-17-30-31(18-23)28(20-7-2-1-3-8-20)22-12-13-25-21(16-22)11-15-26-24-9-5-4-6-19(24)10-14-27(25)26/h1-11,14-15,17-18,22,28H,12-13,16,29H2. The first-order chi connectivity index (χ1) is 15.3. The second-order valence-corrected chi connectivity index (χ2v) is 8.70. The highest BCUT2D eigenvalue weighted by Gasteiger charge is 2.30. The van der Waals surface area contributed by atoms with Gasteiger partial charge in [0.1, 0.15) is 0 Å². The number of nitrogens with zero attached hydrogens (tertiary/aromatic N) is 2. The minimum absolute atomic E-state index is 0.193. The Kier molecular flexibility index (Phi) is 4.27. The van der Waals surface area contributed by atoms with Crippen molar-refractivity contribution >= 4 is 27.2 Å². The van der Waals surface area contributed by atoms with Gasteiger partial charge in [0.15, 0.2) is 0 Å². The van der Waals surface area contributed by atoms with Crippen molar-refractivity contribution in [2.75, 3.05) is 5.73 Å². The van der Waals surface area contributed by atoms with Crippen LogP contribution in [0.25, 0.3) is 21.5 Å². The van der Waals surface area contributed by atoms with Crippen LogP contribution in [0.2, 0.25) is 0 Å². The molecule has 2 atom stereocenters. The van der Waals surface area contributed by atoms with E-state index >= 15 is 0 Å². The monoisotopic (exact) mass is 403 g/mol.